The van der Waals surface area contributed by atoms with Gasteiger partial charge in [-0.15, -0.1) is 0 Å². The molecule has 0 bridgehead atoms. The molecule has 6 nitrogen and oxygen atoms in total. The first kappa shape index (κ1) is 20.2. The summed E-state index contributed by atoms with van der Waals surface area (Å²) in [6, 6.07) is 14.3. The lowest BCUT2D eigenvalue weighted by atomic mass is 10.1. The van der Waals surface area contributed by atoms with Gasteiger partial charge in [-0.1, -0.05) is 30.3 Å². The van der Waals surface area contributed by atoms with Crippen molar-refractivity contribution in [2.75, 3.05) is 5.32 Å². The van der Waals surface area contributed by atoms with E-state index < -0.39 is 23.1 Å². The number of nitrogens with zero attached hydrogens (tertiary/aromatic N) is 2. The van der Waals surface area contributed by atoms with Gasteiger partial charge in [-0.3, -0.25) is 15.2 Å². The summed E-state index contributed by atoms with van der Waals surface area (Å²) in [5.41, 5.74) is 1.20. The number of aromatic nitrogens is 2. The molecule has 2 aromatic carbocycles. The second-order valence-corrected chi connectivity index (χ2v) is 7.37. The average molecular weight is 397 g/mol. The summed E-state index contributed by atoms with van der Waals surface area (Å²) < 4.78 is 26.6. The van der Waals surface area contributed by atoms with Crippen LogP contribution in [-0.4, -0.2) is 27.6 Å². The molecule has 0 aliphatic carbocycles. The van der Waals surface area contributed by atoms with E-state index in [-0.39, 0.29) is 11.5 Å². The highest BCUT2D eigenvalue weighted by Crippen LogP contribution is 2.19. The van der Waals surface area contributed by atoms with E-state index in [2.05, 4.69) is 25.8 Å². The third kappa shape index (κ3) is 5.47. The summed E-state index contributed by atoms with van der Waals surface area (Å²) in [7, 11) is 0. The number of carbonyl (C=O) groups is 1. The predicted molar refractivity (Wildman–Crippen MR) is 109 cm³/mol. The van der Waals surface area contributed by atoms with Crippen LogP contribution in [0.5, 0.6) is 0 Å². The van der Waals surface area contributed by atoms with E-state index in [1.807, 2.05) is 51.1 Å². The molecule has 0 saturated carbocycles. The molecule has 0 fully saturated rings. The molecule has 3 rings (SSSR count). The highest BCUT2D eigenvalue weighted by atomic mass is 19.2. The Hall–Kier alpha value is -3.55. The van der Waals surface area contributed by atoms with Crippen molar-refractivity contribution in [1.29, 1.82) is 0 Å². The molecular weight excluding hydrogens is 376 g/mol. The van der Waals surface area contributed by atoms with Crippen LogP contribution < -0.4 is 10.6 Å². The first-order valence-corrected chi connectivity index (χ1v) is 8.95. The van der Waals surface area contributed by atoms with E-state index in [0.717, 1.165) is 23.4 Å². The molecular formula is C21H21F2N5O. The summed E-state index contributed by atoms with van der Waals surface area (Å²) in [6.07, 6.45) is 0. The Morgan fingerprint density at radius 3 is 2.41 bits per heavy atom. The number of H-pyrrole nitrogens is 1. The highest BCUT2D eigenvalue weighted by Gasteiger charge is 2.16. The van der Waals surface area contributed by atoms with Crippen molar-refractivity contribution in [1.82, 2.24) is 15.5 Å². The molecule has 8 heteroatoms. The van der Waals surface area contributed by atoms with Crippen LogP contribution in [0, 0.1) is 11.6 Å². The molecule has 0 atom stereocenters. The van der Waals surface area contributed by atoms with E-state index in [1.165, 1.54) is 6.07 Å². The summed E-state index contributed by atoms with van der Waals surface area (Å²) in [5, 5.41) is 12.7. The third-order valence-electron chi connectivity index (χ3n) is 3.77. The topological polar surface area (TPSA) is 82.2 Å². The van der Waals surface area contributed by atoms with Gasteiger partial charge in [-0.25, -0.2) is 13.8 Å². The molecule has 0 radical (unpaired) electrons. The zero-order valence-corrected chi connectivity index (χ0v) is 16.3. The number of hydrogen-bond acceptors (Lipinski definition) is 3. The molecule has 150 valence electrons. The molecule has 3 N–H and O–H groups in total. The maximum atomic E-state index is 13.4. The van der Waals surface area contributed by atoms with Gasteiger partial charge >= 0.3 is 0 Å². The van der Waals surface area contributed by atoms with E-state index in [1.54, 1.807) is 6.07 Å². The van der Waals surface area contributed by atoms with Crippen LogP contribution in [0.1, 0.15) is 31.1 Å². The Balaban J connectivity index is 1.81. The number of benzene rings is 2. The Labute approximate surface area is 167 Å². The van der Waals surface area contributed by atoms with Crippen LogP contribution in [0.25, 0.3) is 11.3 Å². The highest BCUT2D eigenvalue weighted by molar-refractivity contribution is 6.09. The fourth-order valence-corrected chi connectivity index (χ4v) is 2.51. The number of hydrogen-bond donors (Lipinski definition) is 3. The summed E-state index contributed by atoms with van der Waals surface area (Å²) in [6.45, 7) is 5.58. The standard InChI is InChI=1S/C21H21F2N5O/c1-21(2,3)26-20(25-19(29)14-9-10-15(22)16(23)11-14)24-18-12-17(27-28-18)13-7-5-4-6-8-13/h4-12H,1-3H3,(H3,24,25,26,27,28,29). The zero-order valence-electron chi connectivity index (χ0n) is 16.3. The van der Waals surface area contributed by atoms with Gasteiger partial charge in [0.25, 0.3) is 5.91 Å². The van der Waals surface area contributed by atoms with Crippen molar-refractivity contribution in [3.63, 3.8) is 0 Å². The molecule has 3 aromatic rings. The lowest BCUT2D eigenvalue weighted by Crippen LogP contribution is -2.38. The SMILES string of the molecule is CC(C)(C)N=C(NC(=O)c1ccc(F)c(F)c1)Nc1cc(-c2ccccc2)[nH]n1. The maximum Gasteiger partial charge on any atom is 0.258 e. The third-order valence-corrected chi connectivity index (χ3v) is 3.77. The lowest BCUT2D eigenvalue weighted by Gasteiger charge is -2.17. The average Bonchev–Trinajstić information content (AvgIpc) is 3.11. The Morgan fingerprint density at radius 1 is 1.03 bits per heavy atom. The molecule has 0 saturated heterocycles. The summed E-state index contributed by atoms with van der Waals surface area (Å²) >= 11 is 0. The number of amides is 1. The molecule has 0 unspecified atom stereocenters. The van der Waals surface area contributed by atoms with Gasteiger partial charge in [-0.05, 0) is 44.5 Å². The number of guanidine groups is 1. The minimum atomic E-state index is -1.10. The Bertz CT molecular complexity index is 1040. The second-order valence-electron chi connectivity index (χ2n) is 7.37. The minimum Gasteiger partial charge on any atom is -0.309 e. The van der Waals surface area contributed by atoms with Crippen molar-refractivity contribution in [3.8, 4) is 11.3 Å². The molecule has 1 amide bonds. The molecule has 29 heavy (non-hydrogen) atoms. The van der Waals surface area contributed by atoms with Crippen LogP contribution in [0.15, 0.2) is 59.6 Å². The molecule has 0 aliphatic heterocycles. The summed E-state index contributed by atoms with van der Waals surface area (Å²) in [4.78, 5) is 16.9. The largest absolute Gasteiger partial charge is 0.309 e. The van der Waals surface area contributed by atoms with Crippen LogP contribution in [0.2, 0.25) is 0 Å². The number of aliphatic imine (C=N–C) groups is 1. The molecule has 0 spiro atoms. The molecule has 1 heterocycles. The maximum absolute atomic E-state index is 13.4. The van der Waals surface area contributed by atoms with Gasteiger partial charge in [0.2, 0.25) is 5.96 Å². The van der Waals surface area contributed by atoms with E-state index in [4.69, 9.17) is 0 Å². The fourth-order valence-electron chi connectivity index (χ4n) is 2.51. The minimum absolute atomic E-state index is 0.0284. The van der Waals surface area contributed by atoms with Crippen LogP contribution in [0.3, 0.4) is 0 Å². The van der Waals surface area contributed by atoms with Crippen LogP contribution >= 0.6 is 0 Å². The van der Waals surface area contributed by atoms with Crippen molar-refractivity contribution in [2.45, 2.75) is 26.3 Å². The molecule has 1 aromatic heterocycles. The van der Waals surface area contributed by atoms with Gasteiger partial charge < -0.3 is 5.32 Å². The van der Waals surface area contributed by atoms with E-state index in [9.17, 15) is 13.6 Å². The van der Waals surface area contributed by atoms with Gasteiger partial charge in [-0.2, -0.15) is 5.10 Å². The zero-order chi connectivity index (χ0) is 21.0. The Kier molecular flexibility index (Phi) is 5.72. The quantitative estimate of drug-likeness (QED) is 0.454. The number of rotatable bonds is 3. The van der Waals surface area contributed by atoms with E-state index >= 15 is 0 Å². The number of anilines is 1. The molecule has 0 aliphatic rings. The number of nitrogens with one attached hydrogen (secondary N) is 3. The number of halogens is 2. The van der Waals surface area contributed by atoms with Crippen molar-refractivity contribution in [3.05, 3.63) is 71.8 Å². The second kappa shape index (κ2) is 8.22. The Morgan fingerprint density at radius 2 is 1.76 bits per heavy atom. The van der Waals surface area contributed by atoms with Gasteiger partial charge in [0.05, 0.1) is 11.2 Å². The fraction of sp³-hybridized carbons (Fsp3) is 0.190. The van der Waals surface area contributed by atoms with Crippen molar-refractivity contribution >= 4 is 17.7 Å². The van der Waals surface area contributed by atoms with Gasteiger partial charge in [0.1, 0.15) is 0 Å². The monoisotopic (exact) mass is 397 g/mol. The summed E-state index contributed by atoms with van der Waals surface area (Å²) in [5.74, 6) is -2.16. The normalized spacial score (nSPS) is 12.0. The predicted octanol–water partition coefficient (Wildman–Crippen LogP) is 4.35. The van der Waals surface area contributed by atoms with Gasteiger partial charge in [0, 0.05) is 11.6 Å². The van der Waals surface area contributed by atoms with Crippen LogP contribution in [-0.2, 0) is 0 Å². The number of aromatic amines is 1. The van der Waals surface area contributed by atoms with Crippen molar-refractivity contribution < 1.29 is 13.6 Å². The first-order chi connectivity index (χ1) is 13.7. The smallest absolute Gasteiger partial charge is 0.258 e. The van der Waals surface area contributed by atoms with Crippen molar-refractivity contribution in [2.24, 2.45) is 4.99 Å². The van der Waals surface area contributed by atoms with Crippen LogP contribution in [0.4, 0.5) is 14.6 Å². The first-order valence-electron chi connectivity index (χ1n) is 8.95. The van der Waals surface area contributed by atoms with Gasteiger partial charge in [0.15, 0.2) is 17.5 Å². The number of carbonyl (C=O) groups excluding carboxylic acids is 1. The lowest BCUT2D eigenvalue weighted by molar-refractivity contribution is 0.0976. The van der Waals surface area contributed by atoms with E-state index in [0.29, 0.717) is 5.82 Å².